The molecule has 0 spiro atoms. The van der Waals surface area contributed by atoms with E-state index in [0.717, 1.165) is 32.5 Å². The minimum atomic E-state index is -1.35. The third kappa shape index (κ3) is 3.51. The average molecular weight is 214 g/mol. The Labute approximate surface area is 89.7 Å². The highest BCUT2D eigenvalue weighted by Crippen LogP contribution is 2.03. The summed E-state index contributed by atoms with van der Waals surface area (Å²) in [5, 5.41) is 8.54. The number of carboxylic acids is 1. The molecule has 0 aromatic rings. The van der Waals surface area contributed by atoms with Gasteiger partial charge in [-0.05, 0) is 13.0 Å². The molecule has 1 saturated heterocycles. The molecule has 0 unspecified atom stereocenters. The van der Waals surface area contributed by atoms with Gasteiger partial charge in [-0.1, -0.05) is 13.3 Å². The van der Waals surface area contributed by atoms with E-state index in [-0.39, 0.29) is 0 Å². The summed E-state index contributed by atoms with van der Waals surface area (Å²) in [5.74, 6) is -2.12. The van der Waals surface area contributed by atoms with Crippen molar-refractivity contribution >= 4 is 11.9 Å². The lowest BCUT2D eigenvalue weighted by molar-refractivity contribution is -0.156. The largest absolute Gasteiger partial charge is 0.474 e. The molecule has 0 atom stereocenters. The first kappa shape index (κ1) is 12.0. The summed E-state index contributed by atoms with van der Waals surface area (Å²) in [6, 6.07) is 0. The number of hydrogen-bond donors (Lipinski definition) is 1. The zero-order chi connectivity index (χ0) is 11.3. The molecule has 1 aliphatic rings. The van der Waals surface area contributed by atoms with Gasteiger partial charge in [0.15, 0.2) is 0 Å². The predicted octanol–water partition coefficient (Wildman–Crippen LogP) is 0.0153. The van der Waals surface area contributed by atoms with E-state index in [1.807, 2.05) is 0 Å². The number of rotatable bonds is 3. The fourth-order valence-corrected chi connectivity index (χ4v) is 1.69. The number of piperazine rings is 1. The molecule has 1 aliphatic heterocycles. The van der Waals surface area contributed by atoms with Gasteiger partial charge in [0.2, 0.25) is 0 Å². The van der Waals surface area contributed by atoms with E-state index in [4.69, 9.17) is 5.11 Å². The van der Waals surface area contributed by atoms with Crippen LogP contribution in [0.4, 0.5) is 0 Å². The molecule has 86 valence electrons. The summed E-state index contributed by atoms with van der Waals surface area (Å²) in [6.07, 6.45) is 2.32. The smallest absolute Gasteiger partial charge is 0.394 e. The number of nitrogens with zero attached hydrogens (tertiary/aromatic N) is 2. The highest BCUT2D eigenvalue weighted by atomic mass is 16.4. The van der Waals surface area contributed by atoms with Gasteiger partial charge in [0, 0.05) is 26.2 Å². The van der Waals surface area contributed by atoms with Crippen molar-refractivity contribution < 1.29 is 14.7 Å². The van der Waals surface area contributed by atoms with Crippen LogP contribution in [0.15, 0.2) is 0 Å². The Morgan fingerprint density at radius 3 is 2.27 bits per heavy atom. The maximum atomic E-state index is 11.1. The molecule has 0 radical (unpaired) electrons. The second-order valence-electron chi connectivity index (χ2n) is 3.79. The first-order chi connectivity index (χ1) is 7.15. The number of carboxylic acid groups (broad SMARTS) is 1. The molecule has 0 saturated carbocycles. The Balaban J connectivity index is 2.29. The van der Waals surface area contributed by atoms with Crippen LogP contribution < -0.4 is 0 Å². The van der Waals surface area contributed by atoms with Crippen molar-refractivity contribution in [2.75, 3.05) is 32.7 Å². The summed E-state index contributed by atoms with van der Waals surface area (Å²) in [5.41, 5.74) is 0. The lowest BCUT2D eigenvalue weighted by Gasteiger charge is -2.33. The SMILES string of the molecule is CCCCN1CCN(C(=O)C(=O)O)CC1. The quantitative estimate of drug-likeness (QED) is 0.673. The van der Waals surface area contributed by atoms with Crippen LogP contribution in [-0.2, 0) is 9.59 Å². The summed E-state index contributed by atoms with van der Waals surface area (Å²) in [6.45, 7) is 5.84. The fourth-order valence-electron chi connectivity index (χ4n) is 1.69. The second-order valence-corrected chi connectivity index (χ2v) is 3.79. The highest BCUT2D eigenvalue weighted by molar-refractivity contribution is 6.31. The van der Waals surface area contributed by atoms with E-state index in [9.17, 15) is 9.59 Å². The Morgan fingerprint density at radius 2 is 1.80 bits per heavy atom. The number of carbonyl (C=O) groups excluding carboxylic acids is 1. The molecule has 5 heteroatoms. The van der Waals surface area contributed by atoms with Crippen LogP contribution >= 0.6 is 0 Å². The van der Waals surface area contributed by atoms with Crippen molar-refractivity contribution in [2.24, 2.45) is 0 Å². The predicted molar refractivity (Wildman–Crippen MR) is 55.6 cm³/mol. The van der Waals surface area contributed by atoms with Gasteiger partial charge in [0.25, 0.3) is 0 Å². The molecule has 1 N–H and O–H groups in total. The van der Waals surface area contributed by atoms with Gasteiger partial charge in [0.05, 0.1) is 0 Å². The Hall–Kier alpha value is -1.10. The van der Waals surface area contributed by atoms with E-state index < -0.39 is 11.9 Å². The van der Waals surface area contributed by atoms with E-state index in [0.29, 0.717) is 13.1 Å². The first-order valence-corrected chi connectivity index (χ1v) is 5.39. The molecule has 5 nitrogen and oxygen atoms in total. The number of aliphatic carboxylic acids is 1. The maximum absolute atomic E-state index is 11.1. The molecular weight excluding hydrogens is 196 g/mol. The van der Waals surface area contributed by atoms with Crippen LogP contribution in [0.25, 0.3) is 0 Å². The van der Waals surface area contributed by atoms with Crippen molar-refractivity contribution in [2.45, 2.75) is 19.8 Å². The van der Waals surface area contributed by atoms with Crippen molar-refractivity contribution in [3.63, 3.8) is 0 Å². The van der Waals surface area contributed by atoms with Gasteiger partial charge in [-0.25, -0.2) is 4.79 Å². The third-order valence-electron chi connectivity index (χ3n) is 2.67. The molecule has 0 aromatic carbocycles. The maximum Gasteiger partial charge on any atom is 0.394 e. The topological polar surface area (TPSA) is 60.9 Å². The van der Waals surface area contributed by atoms with E-state index >= 15 is 0 Å². The van der Waals surface area contributed by atoms with Crippen molar-refractivity contribution in [1.82, 2.24) is 9.80 Å². The van der Waals surface area contributed by atoms with Crippen LogP contribution in [0.1, 0.15) is 19.8 Å². The highest BCUT2D eigenvalue weighted by Gasteiger charge is 2.24. The van der Waals surface area contributed by atoms with Crippen molar-refractivity contribution in [3.8, 4) is 0 Å². The molecule has 0 aliphatic carbocycles. The standard InChI is InChI=1S/C10H18N2O3/c1-2-3-4-11-5-7-12(8-6-11)9(13)10(14)15/h2-8H2,1H3,(H,14,15). The fraction of sp³-hybridized carbons (Fsp3) is 0.800. The third-order valence-corrected chi connectivity index (χ3v) is 2.67. The molecule has 1 heterocycles. The minimum absolute atomic E-state index is 0.537. The second kappa shape index (κ2) is 5.70. The molecule has 0 aromatic heterocycles. The van der Waals surface area contributed by atoms with E-state index in [1.54, 1.807) is 0 Å². The summed E-state index contributed by atoms with van der Waals surface area (Å²) >= 11 is 0. The Bertz CT molecular complexity index is 235. The molecule has 0 bridgehead atoms. The molecule has 1 rings (SSSR count). The van der Waals surface area contributed by atoms with Crippen LogP contribution in [0.2, 0.25) is 0 Å². The molecule has 1 fully saturated rings. The molecule has 15 heavy (non-hydrogen) atoms. The van der Waals surface area contributed by atoms with Crippen LogP contribution in [0.3, 0.4) is 0 Å². The zero-order valence-electron chi connectivity index (χ0n) is 9.11. The van der Waals surface area contributed by atoms with E-state index in [1.165, 1.54) is 4.90 Å². The zero-order valence-corrected chi connectivity index (χ0v) is 9.11. The van der Waals surface area contributed by atoms with Gasteiger partial charge in [-0.3, -0.25) is 9.69 Å². The van der Waals surface area contributed by atoms with Gasteiger partial charge in [-0.2, -0.15) is 0 Å². The summed E-state index contributed by atoms with van der Waals surface area (Å²) in [7, 11) is 0. The van der Waals surface area contributed by atoms with Gasteiger partial charge in [-0.15, -0.1) is 0 Å². The Morgan fingerprint density at radius 1 is 1.20 bits per heavy atom. The van der Waals surface area contributed by atoms with Crippen LogP contribution in [-0.4, -0.2) is 59.5 Å². The monoisotopic (exact) mass is 214 g/mol. The van der Waals surface area contributed by atoms with Crippen LogP contribution in [0, 0.1) is 0 Å². The normalized spacial score (nSPS) is 17.8. The first-order valence-electron chi connectivity index (χ1n) is 5.39. The number of carbonyl (C=O) groups is 2. The van der Waals surface area contributed by atoms with Crippen LogP contribution in [0.5, 0.6) is 0 Å². The minimum Gasteiger partial charge on any atom is -0.474 e. The number of hydrogen-bond acceptors (Lipinski definition) is 3. The van der Waals surface area contributed by atoms with Gasteiger partial charge < -0.3 is 10.0 Å². The van der Waals surface area contributed by atoms with E-state index in [2.05, 4.69) is 11.8 Å². The van der Waals surface area contributed by atoms with Crippen molar-refractivity contribution in [3.05, 3.63) is 0 Å². The van der Waals surface area contributed by atoms with Gasteiger partial charge in [0.1, 0.15) is 0 Å². The summed E-state index contributed by atoms with van der Waals surface area (Å²) in [4.78, 5) is 25.3. The Kier molecular flexibility index (Phi) is 4.55. The van der Waals surface area contributed by atoms with Gasteiger partial charge >= 0.3 is 11.9 Å². The summed E-state index contributed by atoms with van der Waals surface area (Å²) < 4.78 is 0. The lowest BCUT2D eigenvalue weighted by atomic mass is 10.2. The molecule has 1 amide bonds. The average Bonchev–Trinajstić information content (AvgIpc) is 2.26. The number of unbranched alkanes of at least 4 members (excludes halogenated alkanes) is 1. The number of amides is 1. The van der Waals surface area contributed by atoms with Crippen molar-refractivity contribution in [1.29, 1.82) is 0 Å². The lowest BCUT2D eigenvalue weighted by Crippen LogP contribution is -2.50. The molecular formula is C10H18N2O3.